The fourth-order valence-electron chi connectivity index (χ4n) is 3.23. The molecule has 2 saturated carbocycles. The highest BCUT2D eigenvalue weighted by atomic mass is 35.5. The van der Waals surface area contributed by atoms with Crippen molar-refractivity contribution in [3.63, 3.8) is 0 Å². The van der Waals surface area contributed by atoms with Crippen molar-refractivity contribution in [3.05, 3.63) is 16.9 Å². The normalized spacial score (nSPS) is 33.8. The van der Waals surface area contributed by atoms with Gasteiger partial charge in [-0.3, -0.25) is 4.68 Å². The molecule has 2 fully saturated rings. The first-order chi connectivity index (χ1) is 7.70. The van der Waals surface area contributed by atoms with Crippen molar-refractivity contribution in [2.24, 2.45) is 23.5 Å². The van der Waals surface area contributed by atoms with E-state index in [1.54, 1.807) is 6.20 Å². The third kappa shape index (κ3) is 1.57. The van der Waals surface area contributed by atoms with Crippen LogP contribution in [0.2, 0.25) is 5.02 Å². The molecule has 16 heavy (non-hydrogen) atoms. The Morgan fingerprint density at radius 2 is 2.19 bits per heavy atom. The zero-order valence-corrected chi connectivity index (χ0v) is 10.3. The van der Waals surface area contributed by atoms with E-state index < -0.39 is 0 Å². The molecule has 3 rings (SSSR count). The van der Waals surface area contributed by atoms with Gasteiger partial charge in [0.25, 0.3) is 0 Å². The fraction of sp³-hybridized carbons (Fsp3) is 0.750. The van der Waals surface area contributed by atoms with E-state index >= 15 is 0 Å². The Kier molecular flexibility index (Phi) is 2.48. The molecule has 2 N–H and O–H groups in total. The van der Waals surface area contributed by atoms with Gasteiger partial charge in [-0.25, -0.2) is 0 Å². The minimum Gasteiger partial charge on any atom is -0.322 e. The highest BCUT2D eigenvalue weighted by Gasteiger charge is 2.48. The van der Waals surface area contributed by atoms with Crippen molar-refractivity contribution >= 4 is 11.6 Å². The second kappa shape index (κ2) is 3.74. The van der Waals surface area contributed by atoms with E-state index in [2.05, 4.69) is 12.0 Å². The molecule has 0 spiro atoms. The zero-order chi connectivity index (χ0) is 11.3. The molecule has 3 atom stereocenters. The van der Waals surface area contributed by atoms with Gasteiger partial charge in [0, 0.05) is 6.54 Å². The maximum absolute atomic E-state index is 6.36. The predicted octanol–water partition coefficient (Wildman–Crippen LogP) is 2.60. The van der Waals surface area contributed by atoms with Crippen molar-refractivity contribution < 1.29 is 0 Å². The summed E-state index contributed by atoms with van der Waals surface area (Å²) >= 11 is 6.18. The Labute approximate surface area is 101 Å². The summed E-state index contributed by atoms with van der Waals surface area (Å²) in [6.45, 7) is 2.92. The SMILES string of the molecule is CCn1ncc(Cl)c1C(N)C1CC2CC2C1. The summed E-state index contributed by atoms with van der Waals surface area (Å²) in [6, 6.07) is 0.0720. The smallest absolute Gasteiger partial charge is 0.0834 e. The van der Waals surface area contributed by atoms with Crippen LogP contribution in [0.3, 0.4) is 0 Å². The Morgan fingerprint density at radius 1 is 1.50 bits per heavy atom. The maximum atomic E-state index is 6.36. The molecule has 1 aromatic rings. The molecule has 0 saturated heterocycles. The van der Waals surface area contributed by atoms with Crippen LogP contribution in [0, 0.1) is 17.8 Å². The van der Waals surface area contributed by atoms with Crippen LogP contribution >= 0.6 is 11.6 Å². The highest BCUT2D eigenvalue weighted by molar-refractivity contribution is 6.31. The summed E-state index contributed by atoms with van der Waals surface area (Å²) in [5, 5.41) is 4.99. The molecule has 1 aromatic heterocycles. The van der Waals surface area contributed by atoms with Gasteiger partial charge in [0.05, 0.1) is 23.0 Å². The minimum atomic E-state index is 0.0720. The van der Waals surface area contributed by atoms with Crippen molar-refractivity contribution in [1.29, 1.82) is 0 Å². The van der Waals surface area contributed by atoms with E-state index in [9.17, 15) is 0 Å². The molecule has 0 aromatic carbocycles. The van der Waals surface area contributed by atoms with Gasteiger partial charge in [0.15, 0.2) is 0 Å². The molecule has 0 radical (unpaired) electrons. The summed E-state index contributed by atoms with van der Waals surface area (Å²) in [7, 11) is 0. The lowest BCUT2D eigenvalue weighted by molar-refractivity contribution is 0.383. The minimum absolute atomic E-state index is 0.0720. The topological polar surface area (TPSA) is 43.8 Å². The number of aromatic nitrogens is 2. The van der Waals surface area contributed by atoms with Gasteiger partial charge in [0.2, 0.25) is 0 Å². The lowest BCUT2D eigenvalue weighted by atomic mass is 9.93. The molecule has 2 aliphatic carbocycles. The molecule has 0 amide bonds. The molecule has 3 nitrogen and oxygen atoms in total. The fourth-order valence-corrected chi connectivity index (χ4v) is 3.50. The maximum Gasteiger partial charge on any atom is 0.0834 e. The van der Waals surface area contributed by atoms with Crippen molar-refractivity contribution in [3.8, 4) is 0 Å². The van der Waals surface area contributed by atoms with Crippen molar-refractivity contribution in [2.75, 3.05) is 0 Å². The standard InChI is InChI=1S/C12H18ClN3/c1-2-16-12(10(13)6-15-16)11(14)9-4-7-3-8(7)5-9/h6-9,11H,2-5,14H2,1H3. The molecule has 0 bridgehead atoms. The van der Waals surface area contributed by atoms with Gasteiger partial charge in [-0.1, -0.05) is 11.6 Å². The number of halogens is 1. The van der Waals surface area contributed by atoms with Crippen molar-refractivity contribution in [2.45, 2.75) is 38.8 Å². The van der Waals surface area contributed by atoms with Crippen LogP contribution in [0.1, 0.15) is 37.9 Å². The van der Waals surface area contributed by atoms with Gasteiger partial charge in [0.1, 0.15) is 0 Å². The second-order valence-electron chi connectivity index (χ2n) is 5.21. The monoisotopic (exact) mass is 239 g/mol. The number of rotatable bonds is 3. The highest BCUT2D eigenvalue weighted by Crippen LogP contribution is 2.56. The van der Waals surface area contributed by atoms with Gasteiger partial charge in [-0.2, -0.15) is 5.10 Å². The van der Waals surface area contributed by atoms with Gasteiger partial charge in [-0.15, -0.1) is 0 Å². The molecule has 3 unspecified atom stereocenters. The Hall–Kier alpha value is -0.540. The average molecular weight is 240 g/mol. The van der Waals surface area contributed by atoms with Crippen LogP contribution < -0.4 is 5.73 Å². The number of hydrogen-bond donors (Lipinski definition) is 1. The summed E-state index contributed by atoms with van der Waals surface area (Å²) in [5.74, 6) is 2.55. The number of nitrogens with two attached hydrogens (primary N) is 1. The third-order valence-corrected chi connectivity index (χ3v) is 4.53. The Bertz CT molecular complexity index is 391. The van der Waals surface area contributed by atoms with Crippen LogP contribution in [0.5, 0.6) is 0 Å². The van der Waals surface area contributed by atoms with E-state index in [1.165, 1.54) is 19.3 Å². The molecule has 4 heteroatoms. The molecular formula is C12H18ClN3. The van der Waals surface area contributed by atoms with Gasteiger partial charge >= 0.3 is 0 Å². The van der Waals surface area contributed by atoms with E-state index in [0.29, 0.717) is 5.92 Å². The van der Waals surface area contributed by atoms with Crippen LogP contribution in [0.25, 0.3) is 0 Å². The first-order valence-corrected chi connectivity index (χ1v) is 6.55. The van der Waals surface area contributed by atoms with Gasteiger partial charge < -0.3 is 5.73 Å². The summed E-state index contributed by atoms with van der Waals surface area (Å²) in [6.07, 6.45) is 5.73. The number of nitrogens with zero attached hydrogens (tertiary/aromatic N) is 2. The number of fused-ring (bicyclic) bond motifs is 1. The molecule has 2 aliphatic rings. The third-order valence-electron chi connectivity index (χ3n) is 4.24. The largest absolute Gasteiger partial charge is 0.322 e. The molecule has 1 heterocycles. The van der Waals surface area contributed by atoms with Crippen molar-refractivity contribution in [1.82, 2.24) is 9.78 Å². The lowest BCUT2D eigenvalue weighted by Gasteiger charge is -2.21. The molecule has 88 valence electrons. The van der Waals surface area contributed by atoms with E-state index in [1.807, 2.05) is 4.68 Å². The zero-order valence-electron chi connectivity index (χ0n) is 9.56. The van der Waals surface area contributed by atoms with Crippen LogP contribution in [0.4, 0.5) is 0 Å². The second-order valence-corrected chi connectivity index (χ2v) is 5.61. The number of hydrogen-bond acceptors (Lipinski definition) is 2. The van der Waals surface area contributed by atoms with E-state index in [-0.39, 0.29) is 6.04 Å². The number of aryl methyl sites for hydroxylation is 1. The lowest BCUT2D eigenvalue weighted by Crippen LogP contribution is -2.24. The summed E-state index contributed by atoms with van der Waals surface area (Å²) in [5.41, 5.74) is 7.40. The average Bonchev–Trinajstić information content (AvgIpc) is 2.74. The summed E-state index contributed by atoms with van der Waals surface area (Å²) in [4.78, 5) is 0. The van der Waals surface area contributed by atoms with Crippen LogP contribution in [-0.2, 0) is 6.54 Å². The van der Waals surface area contributed by atoms with E-state index in [0.717, 1.165) is 29.1 Å². The van der Waals surface area contributed by atoms with Gasteiger partial charge in [-0.05, 0) is 43.9 Å². The first-order valence-electron chi connectivity index (χ1n) is 6.17. The van der Waals surface area contributed by atoms with Crippen LogP contribution in [-0.4, -0.2) is 9.78 Å². The van der Waals surface area contributed by atoms with E-state index in [4.69, 9.17) is 17.3 Å². The Morgan fingerprint density at radius 3 is 2.81 bits per heavy atom. The molecule has 0 aliphatic heterocycles. The predicted molar refractivity (Wildman–Crippen MR) is 64.2 cm³/mol. The molecular weight excluding hydrogens is 222 g/mol. The summed E-state index contributed by atoms with van der Waals surface area (Å²) < 4.78 is 1.94. The first kappa shape index (κ1) is 10.6. The van der Waals surface area contributed by atoms with Crippen LogP contribution in [0.15, 0.2) is 6.20 Å². The quantitative estimate of drug-likeness (QED) is 0.881. The Balaban J connectivity index is 1.82.